The van der Waals surface area contributed by atoms with Gasteiger partial charge in [-0.2, -0.15) is 0 Å². The molecule has 10 nitrogen and oxygen atoms in total. The van der Waals surface area contributed by atoms with Crippen molar-refractivity contribution in [3.8, 4) is 0 Å². The Kier molecular flexibility index (Phi) is 8.22. The molecule has 0 bridgehead atoms. The van der Waals surface area contributed by atoms with Gasteiger partial charge in [0.25, 0.3) is 0 Å². The van der Waals surface area contributed by atoms with E-state index in [9.17, 15) is 19.1 Å². The van der Waals surface area contributed by atoms with E-state index in [2.05, 4.69) is 25.0 Å². The number of rotatable bonds is 9. The molecule has 3 fully saturated rings. The molecule has 13 heteroatoms. The zero-order chi connectivity index (χ0) is 30.3. The topological polar surface area (TPSA) is 111 Å². The molecule has 0 amide bonds. The van der Waals surface area contributed by atoms with Gasteiger partial charge in [-0.1, -0.05) is 18.6 Å². The summed E-state index contributed by atoms with van der Waals surface area (Å²) in [6.07, 6.45) is 4.00. The highest BCUT2D eigenvalue weighted by Gasteiger charge is 2.49. The first-order chi connectivity index (χ1) is 20.7. The van der Waals surface area contributed by atoms with Crippen LogP contribution in [0.2, 0.25) is 0 Å². The van der Waals surface area contributed by atoms with Gasteiger partial charge in [0.05, 0.1) is 23.6 Å². The lowest BCUT2D eigenvalue weighted by Gasteiger charge is -2.40. The number of carboxylic acids is 1. The average Bonchev–Trinajstić information content (AvgIpc) is 3.60. The summed E-state index contributed by atoms with van der Waals surface area (Å²) in [6, 6.07) is 4.17. The highest BCUT2D eigenvalue weighted by Crippen LogP contribution is 2.43. The Labute approximate surface area is 259 Å². The van der Waals surface area contributed by atoms with Crippen molar-refractivity contribution in [1.82, 2.24) is 25.0 Å². The standard InChI is InChI=1S/C30H35FN6O4S2/c1-3-41-27(38)23-22(33-25(26-32-10-13-43-26)34-24(23)20-6-4-7-21(31)18(20)2)16-35-11-12-37-19(14-35)15-36(29(37)42)17-30(28(39)40)8-5-9-30/h4,6-7,10,13,19,24H,3,5,8-9,11-12,14-17H2,1-2H3,(H,33,34)(H,39,40)/t19?,24-/m0/s1. The third-order valence-electron chi connectivity index (χ3n) is 9.01. The second kappa shape index (κ2) is 11.9. The second-order valence-electron chi connectivity index (χ2n) is 11.6. The molecule has 0 radical (unpaired) electrons. The lowest BCUT2D eigenvalue weighted by atomic mass is 9.68. The molecule has 4 aliphatic rings. The summed E-state index contributed by atoms with van der Waals surface area (Å²) in [5.41, 5.74) is 1.32. The van der Waals surface area contributed by atoms with E-state index in [-0.39, 0.29) is 18.5 Å². The number of ether oxygens (including phenoxy) is 1. The molecule has 2 N–H and O–H groups in total. The van der Waals surface area contributed by atoms with Gasteiger partial charge in [0, 0.05) is 56.5 Å². The lowest BCUT2D eigenvalue weighted by molar-refractivity contribution is -0.155. The number of nitrogens with one attached hydrogen (secondary N) is 1. The van der Waals surface area contributed by atoms with Crippen LogP contribution in [-0.4, -0.2) is 99.6 Å². The molecule has 1 aromatic heterocycles. The molecule has 2 atom stereocenters. The number of amidine groups is 1. The summed E-state index contributed by atoms with van der Waals surface area (Å²) in [5, 5.41) is 16.5. The number of nitrogens with zero attached hydrogens (tertiary/aromatic N) is 5. The van der Waals surface area contributed by atoms with Gasteiger partial charge in [-0.3, -0.25) is 14.7 Å². The maximum atomic E-state index is 14.7. The van der Waals surface area contributed by atoms with Crippen molar-refractivity contribution in [2.45, 2.75) is 45.2 Å². The van der Waals surface area contributed by atoms with Crippen LogP contribution < -0.4 is 5.32 Å². The number of aliphatic imine (C=N–C) groups is 1. The van der Waals surface area contributed by atoms with Crippen molar-refractivity contribution < 1.29 is 23.8 Å². The summed E-state index contributed by atoms with van der Waals surface area (Å²) in [7, 11) is 0. The molecule has 228 valence electrons. The summed E-state index contributed by atoms with van der Waals surface area (Å²) in [6.45, 7) is 7.25. The number of carbonyl (C=O) groups excluding carboxylic acids is 1. The smallest absolute Gasteiger partial charge is 0.338 e. The lowest BCUT2D eigenvalue weighted by Crippen LogP contribution is -2.53. The van der Waals surface area contributed by atoms with E-state index in [0.29, 0.717) is 85.4 Å². The van der Waals surface area contributed by atoms with Crippen LogP contribution in [0.4, 0.5) is 4.39 Å². The first kappa shape index (κ1) is 29.6. The van der Waals surface area contributed by atoms with Crippen molar-refractivity contribution in [2.75, 3.05) is 45.9 Å². The number of aromatic nitrogens is 1. The number of esters is 1. The number of thiazole rings is 1. The van der Waals surface area contributed by atoms with Crippen LogP contribution in [0.3, 0.4) is 0 Å². The summed E-state index contributed by atoms with van der Waals surface area (Å²) < 4.78 is 20.3. The zero-order valence-corrected chi connectivity index (χ0v) is 25.8. The number of hydrogen-bond donors (Lipinski definition) is 2. The molecule has 0 spiro atoms. The van der Waals surface area contributed by atoms with E-state index in [0.717, 1.165) is 11.5 Å². The van der Waals surface area contributed by atoms with Crippen LogP contribution in [0.5, 0.6) is 0 Å². The predicted molar refractivity (Wildman–Crippen MR) is 164 cm³/mol. The first-order valence-electron chi connectivity index (χ1n) is 14.6. The second-order valence-corrected chi connectivity index (χ2v) is 12.9. The van der Waals surface area contributed by atoms with Crippen molar-refractivity contribution in [3.63, 3.8) is 0 Å². The highest BCUT2D eigenvalue weighted by molar-refractivity contribution is 7.80. The molecular formula is C30H35FN6O4S2. The number of thiocarbonyl (C=S) groups is 1. The Morgan fingerprint density at radius 2 is 2.09 bits per heavy atom. The molecule has 1 saturated carbocycles. The van der Waals surface area contributed by atoms with Crippen molar-refractivity contribution in [2.24, 2.45) is 10.4 Å². The third-order valence-corrected chi connectivity index (χ3v) is 10.3. The molecule has 4 heterocycles. The predicted octanol–water partition coefficient (Wildman–Crippen LogP) is 3.34. The summed E-state index contributed by atoms with van der Waals surface area (Å²) >= 11 is 7.23. The van der Waals surface area contributed by atoms with Gasteiger partial charge < -0.3 is 25.0 Å². The van der Waals surface area contributed by atoms with Crippen LogP contribution in [0.1, 0.15) is 48.4 Å². The molecule has 1 aromatic carbocycles. The van der Waals surface area contributed by atoms with Crippen LogP contribution in [0.15, 0.2) is 46.0 Å². The number of carbonyl (C=O) groups is 2. The fraction of sp³-hybridized carbons (Fsp3) is 0.500. The van der Waals surface area contributed by atoms with E-state index in [4.69, 9.17) is 21.9 Å². The number of carboxylic acid groups (broad SMARTS) is 1. The van der Waals surface area contributed by atoms with Crippen LogP contribution in [0.25, 0.3) is 0 Å². The molecule has 1 aliphatic carbocycles. The summed E-state index contributed by atoms with van der Waals surface area (Å²) in [5.74, 6) is -1.07. The molecule has 43 heavy (non-hydrogen) atoms. The fourth-order valence-electron chi connectivity index (χ4n) is 6.51. The quantitative estimate of drug-likeness (QED) is 0.318. The van der Waals surface area contributed by atoms with E-state index in [1.165, 1.54) is 17.4 Å². The van der Waals surface area contributed by atoms with Crippen LogP contribution in [0, 0.1) is 18.2 Å². The van der Waals surface area contributed by atoms with Gasteiger partial charge in [-0.05, 0) is 56.1 Å². The summed E-state index contributed by atoms with van der Waals surface area (Å²) in [4.78, 5) is 41.4. The van der Waals surface area contributed by atoms with Crippen molar-refractivity contribution in [3.05, 3.63) is 63.0 Å². The average molecular weight is 627 g/mol. The van der Waals surface area contributed by atoms with Gasteiger partial charge >= 0.3 is 11.9 Å². The SMILES string of the molecule is CCOC(=O)C1=C(CN2CCN3C(=S)N(CC4(C(=O)O)CCC4)CC3C2)NC(c2nccs2)=N[C@H]1c1cccc(F)c1C. The van der Waals surface area contributed by atoms with E-state index >= 15 is 0 Å². The van der Waals surface area contributed by atoms with Gasteiger partial charge in [0.1, 0.15) is 11.9 Å². The van der Waals surface area contributed by atoms with Gasteiger partial charge in [-0.25, -0.2) is 14.2 Å². The molecular weight excluding hydrogens is 592 g/mol. The Hall–Kier alpha value is -3.42. The molecule has 3 aliphatic heterocycles. The van der Waals surface area contributed by atoms with E-state index < -0.39 is 23.4 Å². The van der Waals surface area contributed by atoms with Gasteiger partial charge in [0.15, 0.2) is 16.0 Å². The van der Waals surface area contributed by atoms with Crippen molar-refractivity contribution in [1.29, 1.82) is 0 Å². The van der Waals surface area contributed by atoms with E-state index in [1.54, 1.807) is 32.2 Å². The number of aliphatic carboxylic acids is 1. The molecule has 6 rings (SSSR count). The molecule has 2 saturated heterocycles. The number of hydrogen-bond acceptors (Lipinski definition) is 9. The normalized spacial score (nSPS) is 23.4. The maximum Gasteiger partial charge on any atom is 0.338 e. The zero-order valence-electron chi connectivity index (χ0n) is 24.2. The number of fused-ring (bicyclic) bond motifs is 1. The number of halogens is 1. The van der Waals surface area contributed by atoms with Crippen molar-refractivity contribution >= 4 is 46.4 Å². The Morgan fingerprint density at radius 1 is 1.28 bits per heavy atom. The minimum atomic E-state index is -0.768. The maximum absolute atomic E-state index is 14.7. The Balaban J connectivity index is 1.28. The van der Waals surface area contributed by atoms with Crippen LogP contribution in [-0.2, 0) is 14.3 Å². The molecule has 2 aromatic rings. The van der Waals surface area contributed by atoms with Crippen LogP contribution >= 0.6 is 23.6 Å². The van der Waals surface area contributed by atoms with Gasteiger partial charge in [-0.15, -0.1) is 11.3 Å². The minimum Gasteiger partial charge on any atom is -0.481 e. The monoisotopic (exact) mass is 626 g/mol. The van der Waals surface area contributed by atoms with Gasteiger partial charge in [0.2, 0.25) is 0 Å². The first-order valence-corrected chi connectivity index (χ1v) is 15.9. The minimum absolute atomic E-state index is 0.107. The fourth-order valence-corrected chi connectivity index (χ4v) is 7.48. The van der Waals surface area contributed by atoms with E-state index in [1.807, 2.05) is 5.38 Å². The number of benzene rings is 1. The Morgan fingerprint density at radius 3 is 2.77 bits per heavy atom. The molecule has 1 unspecified atom stereocenters. The number of piperazine rings is 1. The highest BCUT2D eigenvalue weighted by atomic mass is 32.1. The largest absolute Gasteiger partial charge is 0.481 e. The Bertz CT molecular complexity index is 1490. The third kappa shape index (κ3) is 5.53.